The molecule has 0 bridgehead atoms. The van der Waals surface area contributed by atoms with E-state index in [-0.39, 0.29) is 18.4 Å². The number of nitrogens with one attached hydrogen (secondary N) is 2. The molecule has 0 atom stereocenters. The summed E-state index contributed by atoms with van der Waals surface area (Å²) < 4.78 is 0. The predicted octanol–water partition coefficient (Wildman–Crippen LogP) is 1.07. The van der Waals surface area contributed by atoms with Crippen LogP contribution in [0.2, 0.25) is 0 Å². The summed E-state index contributed by atoms with van der Waals surface area (Å²) >= 11 is 0. The van der Waals surface area contributed by atoms with E-state index in [0.29, 0.717) is 0 Å². The first kappa shape index (κ1) is 11.2. The number of rotatable bonds is 3. The SMILES string of the molecule is CC(=O)NCC(=O)Nc1ccccc1C. The van der Waals surface area contributed by atoms with Crippen LogP contribution in [-0.4, -0.2) is 18.4 Å². The zero-order valence-corrected chi connectivity index (χ0v) is 8.83. The van der Waals surface area contributed by atoms with Gasteiger partial charge in [-0.25, -0.2) is 0 Å². The molecular weight excluding hydrogens is 192 g/mol. The summed E-state index contributed by atoms with van der Waals surface area (Å²) in [5.74, 6) is -0.436. The first-order chi connectivity index (χ1) is 7.09. The van der Waals surface area contributed by atoms with E-state index in [9.17, 15) is 9.59 Å². The standard InChI is InChI=1S/C11H14N2O2/c1-8-5-3-4-6-10(8)13-11(15)7-12-9(2)14/h3-6H,7H2,1-2H3,(H,12,14)(H,13,15). The number of benzene rings is 1. The van der Waals surface area contributed by atoms with E-state index in [4.69, 9.17) is 0 Å². The predicted molar refractivity (Wildman–Crippen MR) is 58.5 cm³/mol. The number of hydrogen-bond acceptors (Lipinski definition) is 2. The Labute approximate surface area is 88.7 Å². The van der Waals surface area contributed by atoms with Crippen molar-refractivity contribution in [2.75, 3.05) is 11.9 Å². The lowest BCUT2D eigenvalue weighted by molar-refractivity contribution is -0.122. The van der Waals surface area contributed by atoms with Gasteiger partial charge in [-0.15, -0.1) is 0 Å². The summed E-state index contributed by atoms with van der Waals surface area (Å²) in [4.78, 5) is 21.9. The molecule has 0 aromatic heterocycles. The van der Waals surface area contributed by atoms with Gasteiger partial charge in [-0.3, -0.25) is 9.59 Å². The van der Waals surface area contributed by atoms with E-state index in [1.807, 2.05) is 31.2 Å². The normalized spacial score (nSPS) is 9.47. The van der Waals surface area contributed by atoms with E-state index < -0.39 is 0 Å². The lowest BCUT2D eigenvalue weighted by Gasteiger charge is -2.07. The van der Waals surface area contributed by atoms with Gasteiger partial charge in [0.2, 0.25) is 11.8 Å². The van der Waals surface area contributed by atoms with Crippen molar-refractivity contribution >= 4 is 17.5 Å². The fourth-order valence-electron chi connectivity index (χ4n) is 1.11. The summed E-state index contributed by atoms with van der Waals surface area (Å²) in [5, 5.41) is 5.15. The fourth-order valence-corrected chi connectivity index (χ4v) is 1.11. The highest BCUT2D eigenvalue weighted by molar-refractivity contribution is 5.94. The summed E-state index contributed by atoms with van der Waals surface area (Å²) in [6.07, 6.45) is 0. The molecule has 0 unspecified atom stereocenters. The van der Waals surface area contributed by atoms with Crippen LogP contribution in [0.4, 0.5) is 5.69 Å². The third-order valence-electron chi connectivity index (χ3n) is 1.92. The summed E-state index contributed by atoms with van der Waals surface area (Å²) in [6.45, 7) is 3.29. The maximum absolute atomic E-state index is 11.3. The molecule has 0 aliphatic rings. The molecule has 2 N–H and O–H groups in total. The average molecular weight is 206 g/mol. The van der Waals surface area contributed by atoms with Gasteiger partial charge in [0.05, 0.1) is 6.54 Å². The number of para-hydroxylation sites is 1. The Morgan fingerprint density at radius 2 is 1.93 bits per heavy atom. The molecule has 0 aliphatic heterocycles. The van der Waals surface area contributed by atoms with Crippen molar-refractivity contribution in [3.05, 3.63) is 29.8 Å². The molecule has 80 valence electrons. The molecule has 1 aromatic rings. The zero-order chi connectivity index (χ0) is 11.3. The van der Waals surface area contributed by atoms with Crippen LogP contribution in [0.15, 0.2) is 24.3 Å². The molecule has 0 saturated carbocycles. The second kappa shape index (κ2) is 5.14. The summed E-state index contributed by atoms with van der Waals surface area (Å²) in [5.41, 5.74) is 1.77. The van der Waals surface area contributed by atoms with Crippen LogP contribution in [-0.2, 0) is 9.59 Å². The zero-order valence-electron chi connectivity index (χ0n) is 8.83. The maximum Gasteiger partial charge on any atom is 0.243 e. The lowest BCUT2D eigenvalue weighted by Crippen LogP contribution is -2.31. The molecule has 4 nitrogen and oxygen atoms in total. The van der Waals surface area contributed by atoms with Crippen LogP contribution in [0.1, 0.15) is 12.5 Å². The molecule has 1 aromatic carbocycles. The Balaban J connectivity index is 2.52. The third-order valence-corrected chi connectivity index (χ3v) is 1.92. The van der Waals surface area contributed by atoms with Crippen molar-refractivity contribution in [3.8, 4) is 0 Å². The summed E-state index contributed by atoms with van der Waals surface area (Å²) in [7, 11) is 0. The van der Waals surface area contributed by atoms with Crippen molar-refractivity contribution in [2.24, 2.45) is 0 Å². The van der Waals surface area contributed by atoms with E-state index in [1.54, 1.807) is 0 Å². The van der Waals surface area contributed by atoms with Crippen LogP contribution >= 0.6 is 0 Å². The van der Waals surface area contributed by atoms with Crippen molar-refractivity contribution in [1.82, 2.24) is 5.32 Å². The lowest BCUT2D eigenvalue weighted by atomic mass is 10.2. The molecule has 15 heavy (non-hydrogen) atoms. The van der Waals surface area contributed by atoms with Crippen LogP contribution in [0.3, 0.4) is 0 Å². The second-order valence-electron chi connectivity index (χ2n) is 3.27. The van der Waals surface area contributed by atoms with Gasteiger partial charge < -0.3 is 10.6 Å². The van der Waals surface area contributed by atoms with Crippen LogP contribution in [0, 0.1) is 6.92 Å². The molecule has 0 fully saturated rings. The second-order valence-corrected chi connectivity index (χ2v) is 3.27. The van der Waals surface area contributed by atoms with E-state index in [1.165, 1.54) is 6.92 Å². The van der Waals surface area contributed by atoms with Crippen molar-refractivity contribution in [1.29, 1.82) is 0 Å². The number of carbonyl (C=O) groups excluding carboxylic acids is 2. The highest BCUT2D eigenvalue weighted by Gasteiger charge is 2.03. The average Bonchev–Trinajstić information content (AvgIpc) is 2.18. The fraction of sp³-hybridized carbons (Fsp3) is 0.273. The Morgan fingerprint density at radius 1 is 1.27 bits per heavy atom. The van der Waals surface area contributed by atoms with Crippen LogP contribution in [0.5, 0.6) is 0 Å². The molecule has 4 heteroatoms. The molecular formula is C11H14N2O2. The number of aryl methyl sites for hydroxylation is 1. The molecule has 1 rings (SSSR count). The molecule has 2 amide bonds. The number of anilines is 1. The van der Waals surface area contributed by atoms with E-state index in [0.717, 1.165) is 11.3 Å². The van der Waals surface area contributed by atoms with Gasteiger partial charge in [0, 0.05) is 12.6 Å². The Hall–Kier alpha value is -1.84. The van der Waals surface area contributed by atoms with Gasteiger partial charge in [-0.1, -0.05) is 18.2 Å². The van der Waals surface area contributed by atoms with Crippen LogP contribution in [0.25, 0.3) is 0 Å². The largest absolute Gasteiger partial charge is 0.347 e. The van der Waals surface area contributed by atoms with Gasteiger partial charge in [0.15, 0.2) is 0 Å². The Morgan fingerprint density at radius 3 is 2.53 bits per heavy atom. The number of hydrogen-bond donors (Lipinski definition) is 2. The molecule has 0 heterocycles. The first-order valence-electron chi connectivity index (χ1n) is 4.69. The minimum Gasteiger partial charge on any atom is -0.347 e. The Kier molecular flexibility index (Phi) is 3.85. The van der Waals surface area contributed by atoms with E-state index >= 15 is 0 Å². The topological polar surface area (TPSA) is 58.2 Å². The molecule has 0 aliphatic carbocycles. The van der Waals surface area contributed by atoms with Crippen molar-refractivity contribution in [2.45, 2.75) is 13.8 Å². The number of carbonyl (C=O) groups is 2. The highest BCUT2D eigenvalue weighted by atomic mass is 16.2. The third kappa shape index (κ3) is 3.81. The highest BCUT2D eigenvalue weighted by Crippen LogP contribution is 2.12. The quantitative estimate of drug-likeness (QED) is 0.777. The molecule has 0 spiro atoms. The maximum atomic E-state index is 11.3. The summed E-state index contributed by atoms with van der Waals surface area (Å²) in [6, 6.07) is 7.48. The van der Waals surface area contributed by atoms with Gasteiger partial charge in [0.25, 0.3) is 0 Å². The van der Waals surface area contributed by atoms with Crippen molar-refractivity contribution in [3.63, 3.8) is 0 Å². The van der Waals surface area contributed by atoms with Crippen molar-refractivity contribution < 1.29 is 9.59 Å². The monoisotopic (exact) mass is 206 g/mol. The smallest absolute Gasteiger partial charge is 0.243 e. The Bertz CT molecular complexity index is 375. The first-order valence-corrected chi connectivity index (χ1v) is 4.69. The van der Waals surface area contributed by atoms with E-state index in [2.05, 4.69) is 10.6 Å². The van der Waals surface area contributed by atoms with Gasteiger partial charge in [-0.05, 0) is 18.6 Å². The minimum atomic E-state index is -0.223. The van der Waals surface area contributed by atoms with Gasteiger partial charge in [-0.2, -0.15) is 0 Å². The number of amides is 2. The van der Waals surface area contributed by atoms with Gasteiger partial charge in [0.1, 0.15) is 0 Å². The minimum absolute atomic E-state index is 0.00364. The van der Waals surface area contributed by atoms with Gasteiger partial charge >= 0.3 is 0 Å². The molecule has 0 radical (unpaired) electrons. The van der Waals surface area contributed by atoms with Crippen LogP contribution < -0.4 is 10.6 Å². The molecule has 0 saturated heterocycles.